The highest BCUT2D eigenvalue weighted by Gasteiger charge is 2.58. The summed E-state index contributed by atoms with van der Waals surface area (Å²) < 4.78 is 53.6. The van der Waals surface area contributed by atoms with Gasteiger partial charge in [0.2, 0.25) is 11.6 Å². The Kier molecular flexibility index (Phi) is 12.5. The number of fused-ring (bicyclic) bond motifs is 1. The summed E-state index contributed by atoms with van der Waals surface area (Å²) in [6.45, 7) is 9.96. The van der Waals surface area contributed by atoms with Crippen LogP contribution in [0.1, 0.15) is 60.6 Å². The second-order valence-electron chi connectivity index (χ2n) is 11.6. The van der Waals surface area contributed by atoms with Crippen LogP contribution in [0.15, 0.2) is 11.1 Å². The lowest BCUT2D eigenvalue weighted by Crippen LogP contribution is -2.46. The second-order valence-corrected chi connectivity index (χ2v) is 13.5. The van der Waals surface area contributed by atoms with Crippen molar-refractivity contribution in [1.29, 1.82) is 0 Å². The number of rotatable bonds is 16. The van der Waals surface area contributed by atoms with Crippen molar-refractivity contribution in [2.75, 3.05) is 25.6 Å². The Morgan fingerprint density at radius 1 is 1.20 bits per heavy atom. The Morgan fingerprint density at radius 3 is 2.22 bits per heavy atom. The number of esters is 2. The van der Waals surface area contributed by atoms with Gasteiger partial charge >= 0.3 is 19.6 Å². The van der Waals surface area contributed by atoms with Crippen LogP contribution in [0.4, 0.5) is 10.3 Å². The molecular formula is C28H43FN7O9P. The summed E-state index contributed by atoms with van der Waals surface area (Å²) in [5, 5.41) is 16.4. The highest BCUT2D eigenvalue weighted by molar-refractivity contribution is 7.54. The van der Waals surface area contributed by atoms with Crippen LogP contribution < -0.4 is 21.5 Å². The van der Waals surface area contributed by atoms with Gasteiger partial charge in [0.1, 0.15) is 24.3 Å². The Bertz CT molecular complexity index is 1490. The van der Waals surface area contributed by atoms with Crippen molar-refractivity contribution >= 4 is 36.7 Å². The largest absolute Gasteiger partial charge is 0.465 e. The van der Waals surface area contributed by atoms with Crippen molar-refractivity contribution < 1.29 is 42.4 Å². The molecule has 0 amide bonds. The van der Waals surface area contributed by atoms with E-state index in [0.717, 1.165) is 10.9 Å². The zero-order valence-electron chi connectivity index (χ0n) is 26.7. The summed E-state index contributed by atoms with van der Waals surface area (Å²) in [7, 11) is -4.42. The van der Waals surface area contributed by atoms with E-state index in [2.05, 4.69) is 25.1 Å². The SMILES string of the molecule is C#CC1(F)C(O)[C@@H](COP(=O)(NC(CC(C)C)C(=O)OCC)NC(CC(C)C)C(=O)OCC)O[C@H]1n1cnc2c(=O)[nH]c(N)nc21. The Balaban J connectivity index is 1.97. The molecule has 0 aliphatic carbocycles. The number of ether oxygens (including phenoxy) is 3. The number of alkyl halides is 1. The zero-order valence-corrected chi connectivity index (χ0v) is 27.6. The number of hydrogen-bond acceptors (Lipinski definition) is 12. The van der Waals surface area contributed by atoms with Gasteiger partial charge in [0.25, 0.3) is 5.56 Å². The summed E-state index contributed by atoms with van der Waals surface area (Å²) in [6, 6.07) is -2.28. The van der Waals surface area contributed by atoms with Crippen molar-refractivity contribution in [2.45, 2.75) is 90.6 Å². The van der Waals surface area contributed by atoms with Gasteiger partial charge in [0.15, 0.2) is 17.4 Å². The van der Waals surface area contributed by atoms with Crippen LogP contribution in [0.2, 0.25) is 0 Å². The number of terminal acetylenes is 1. The number of aromatic amines is 1. The summed E-state index contributed by atoms with van der Waals surface area (Å²) in [5.74, 6) is 0.0826. The first-order valence-electron chi connectivity index (χ1n) is 14.9. The van der Waals surface area contributed by atoms with Crippen molar-refractivity contribution in [3.63, 3.8) is 0 Å². The first kappa shape index (κ1) is 37.1. The summed E-state index contributed by atoms with van der Waals surface area (Å²) in [5.41, 5.74) is 1.71. The number of nitrogens with zero attached hydrogens (tertiary/aromatic N) is 3. The molecule has 3 heterocycles. The summed E-state index contributed by atoms with van der Waals surface area (Å²) in [6.07, 6.45) is 1.58. The molecule has 1 fully saturated rings. The van der Waals surface area contributed by atoms with E-state index in [1.54, 1.807) is 13.8 Å². The fraction of sp³-hybridized carbons (Fsp3) is 0.679. The second kappa shape index (κ2) is 15.5. The van der Waals surface area contributed by atoms with Crippen LogP contribution in [0.5, 0.6) is 0 Å². The lowest BCUT2D eigenvalue weighted by molar-refractivity contribution is -0.146. The van der Waals surface area contributed by atoms with Gasteiger partial charge < -0.3 is 29.6 Å². The van der Waals surface area contributed by atoms with Gasteiger partial charge in [-0.15, -0.1) is 6.42 Å². The van der Waals surface area contributed by atoms with Gasteiger partial charge in [-0.1, -0.05) is 33.6 Å². The maximum atomic E-state index is 16.3. The topological polar surface area (TPSA) is 222 Å². The molecule has 4 unspecified atom stereocenters. The number of nitrogens with two attached hydrogens (primary N) is 1. The van der Waals surface area contributed by atoms with Crippen LogP contribution in [0.25, 0.3) is 11.2 Å². The van der Waals surface area contributed by atoms with E-state index in [4.69, 9.17) is 30.9 Å². The van der Waals surface area contributed by atoms with E-state index in [0.29, 0.717) is 0 Å². The molecule has 0 saturated carbocycles. The number of aromatic nitrogens is 4. The molecule has 2 aromatic heterocycles. The third-order valence-corrected chi connectivity index (χ3v) is 8.81. The Morgan fingerprint density at radius 2 is 1.74 bits per heavy atom. The number of hydrogen-bond donors (Lipinski definition) is 5. The highest BCUT2D eigenvalue weighted by atomic mass is 31.2. The minimum absolute atomic E-state index is 0.0516. The van der Waals surface area contributed by atoms with E-state index in [1.807, 2.05) is 33.6 Å². The predicted octanol–water partition coefficient (Wildman–Crippen LogP) is 1.56. The van der Waals surface area contributed by atoms with Crippen molar-refractivity contribution in [3.8, 4) is 12.3 Å². The number of aliphatic hydroxyl groups is 1. The minimum Gasteiger partial charge on any atom is -0.465 e. The van der Waals surface area contributed by atoms with Crippen LogP contribution in [-0.2, 0) is 32.9 Å². The normalized spacial score (nSPS) is 24.1. The van der Waals surface area contributed by atoms with Gasteiger partial charge in [-0.05, 0) is 38.5 Å². The quantitative estimate of drug-likeness (QED) is 0.0971. The Hall–Kier alpha value is -3.39. The van der Waals surface area contributed by atoms with Crippen molar-refractivity contribution in [2.24, 2.45) is 11.8 Å². The predicted molar refractivity (Wildman–Crippen MR) is 165 cm³/mol. The molecule has 1 aliphatic heterocycles. The molecule has 0 aromatic carbocycles. The van der Waals surface area contributed by atoms with Crippen LogP contribution in [-0.4, -0.2) is 86.3 Å². The number of halogens is 1. The lowest BCUT2D eigenvalue weighted by atomic mass is 9.97. The molecule has 0 radical (unpaired) electrons. The number of H-pyrrole nitrogens is 1. The fourth-order valence-corrected chi connectivity index (χ4v) is 6.78. The van der Waals surface area contributed by atoms with Crippen LogP contribution in [0.3, 0.4) is 0 Å². The number of imidazole rings is 1. The summed E-state index contributed by atoms with van der Waals surface area (Å²) in [4.78, 5) is 48.2. The van der Waals surface area contributed by atoms with E-state index >= 15 is 4.39 Å². The van der Waals surface area contributed by atoms with Gasteiger partial charge in [0, 0.05) is 0 Å². The van der Waals surface area contributed by atoms with Crippen molar-refractivity contribution in [3.05, 3.63) is 16.7 Å². The van der Waals surface area contributed by atoms with Gasteiger partial charge in [-0.3, -0.25) is 28.5 Å². The third-order valence-electron chi connectivity index (χ3n) is 7.00. The molecule has 6 N–H and O–H groups in total. The fourth-order valence-electron chi connectivity index (χ4n) is 4.96. The minimum atomic E-state index is -4.42. The third kappa shape index (κ3) is 8.49. The van der Waals surface area contributed by atoms with Gasteiger partial charge in [-0.25, -0.2) is 19.5 Å². The Labute approximate surface area is 265 Å². The number of aliphatic hydroxyl groups excluding tert-OH is 1. The van der Waals surface area contributed by atoms with Crippen LogP contribution >= 0.6 is 7.67 Å². The molecule has 256 valence electrons. The molecule has 3 rings (SSSR count). The van der Waals surface area contributed by atoms with E-state index in [9.17, 15) is 24.1 Å². The van der Waals surface area contributed by atoms with E-state index in [-0.39, 0.29) is 55.0 Å². The standard InChI is InChI=1S/C28H43FN7O9P/c1-8-28(29)21(37)19(45-26(28)36-14-31-20-22(36)32-27(30)33-23(20)38)13-44-46(41,34-17(11-15(4)5)24(39)42-9-2)35-18(12-16(6)7)25(40)43-10-3/h1,14-19,21,26,37H,9-13H2,2-7H3,(H2,34,35,41)(H3,30,32,33,38)/t17?,18?,19-,21?,26-,28?,46?/m1/s1. The highest BCUT2D eigenvalue weighted by Crippen LogP contribution is 2.46. The molecule has 46 heavy (non-hydrogen) atoms. The molecule has 1 saturated heterocycles. The molecule has 6 atom stereocenters. The first-order chi connectivity index (χ1) is 21.6. The number of nitrogen functional groups attached to an aromatic ring is 1. The number of carbonyl (C=O) groups is 2. The monoisotopic (exact) mass is 671 g/mol. The zero-order chi connectivity index (χ0) is 34.4. The van der Waals surface area contributed by atoms with Gasteiger partial charge in [-0.2, -0.15) is 4.98 Å². The smallest absolute Gasteiger partial charge is 0.342 e. The average molecular weight is 672 g/mol. The van der Waals surface area contributed by atoms with E-state index < -0.39 is 68.0 Å². The number of nitrogens with one attached hydrogen (secondary N) is 3. The van der Waals surface area contributed by atoms with E-state index in [1.165, 1.54) is 0 Å². The van der Waals surface area contributed by atoms with Crippen LogP contribution in [0, 0.1) is 24.2 Å². The average Bonchev–Trinajstić information content (AvgIpc) is 3.49. The summed E-state index contributed by atoms with van der Waals surface area (Å²) >= 11 is 0. The van der Waals surface area contributed by atoms with Crippen molar-refractivity contribution in [1.82, 2.24) is 29.7 Å². The maximum absolute atomic E-state index is 16.3. The van der Waals surface area contributed by atoms with Gasteiger partial charge in [0.05, 0.1) is 26.1 Å². The molecular weight excluding hydrogens is 628 g/mol. The maximum Gasteiger partial charge on any atom is 0.342 e. The molecule has 0 bridgehead atoms. The molecule has 18 heteroatoms. The first-order valence-corrected chi connectivity index (χ1v) is 16.6. The number of carbonyl (C=O) groups excluding carboxylic acids is 2. The number of anilines is 1. The lowest BCUT2D eigenvalue weighted by Gasteiger charge is -2.30. The molecule has 1 aliphatic rings. The molecule has 16 nitrogen and oxygen atoms in total. The molecule has 2 aromatic rings. The molecule has 0 spiro atoms.